The molecule has 1 heterocycles. The Hall–Kier alpha value is -1.19. The Kier molecular flexibility index (Phi) is 4.38. The molecule has 0 aliphatic carbocycles. The number of hydrogen-bond acceptors (Lipinski definition) is 2. The lowest BCUT2D eigenvalue weighted by molar-refractivity contribution is 0.275. The first-order chi connectivity index (χ1) is 8.97. The third kappa shape index (κ3) is 3.88. The third-order valence-electron chi connectivity index (χ3n) is 3.12. The van der Waals surface area contributed by atoms with Crippen LogP contribution in [0.2, 0.25) is 0 Å². The Balaban J connectivity index is 2.07. The van der Waals surface area contributed by atoms with E-state index >= 15 is 0 Å². The SMILES string of the molecule is CC(C)(C)C(NCc1ccc(F)cc1)c1cccs1. The van der Waals surface area contributed by atoms with Crippen LogP contribution in [-0.4, -0.2) is 0 Å². The minimum Gasteiger partial charge on any atom is -0.305 e. The van der Waals surface area contributed by atoms with Gasteiger partial charge in [-0.25, -0.2) is 4.39 Å². The predicted octanol–water partition coefficient (Wildman–Crippen LogP) is 4.76. The summed E-state index contributed by atoms with van der Waals surface area (Å²) in [6.45, 7) is 7.44. The molecule has 0 fully saturated rings. The molecule has 2 rings (SSSR count). The van der Waals surface area contributed by atoms with E-state index in [1.807, 2.05) is 12.1 Å². The number of nitrogens with one attached hydrogen (secondary N) is 1. The molecule has 1 N–H and O–H groups in total. The Labute approximate surface area is 118 Å². The van der Waals surface area contributed by atoms with Crippen molar-refractivity contribution in [3.8, 4) is 0 Å². The maximum absolute atomic E-state index is 12.9. The summed E-state index contributed by atoms with van der Waals surface area (Å²) in [5.41, 5.74) is 1.25. The van der Waals surface area contributed by atoms with Crippen molar-refractivity contribution in [2.24, 2.45) is 5.41 Å². The molecule has 0 radical (unpaired) electrons. The van der Waals surface area contributed by atoms with Crippen molar-refractivity contribution >= 4 is 11.3 Å². The molecular weight excluding hydrogens is 257 g/mol. The molecular formula is C16H20FNS. The zero-order valence-corrected chi connectivity index (χ0v) is 12.4. The first-order valence-corrected chi connectivity index (χ1v) is 7.36. The van der Waals surface area contributed by atoms with Crippen molar-refractivity contribution in [1.82, 2.24) is 5.32 Å². The average molecular weight is 277 g/mol. The largest absolute Gasteiger partial charge is 0.305 e. The van der Waals surface area contributed by atoms with E-state index < -0.39 is 0 Å². The van der Waals surface area contributed by atoms with Gasteiger partial charge in [0.1, 0.15) is 5.82 Å². The molecule has 1 atom stereocenters. The van der Waals surface area contributed by atoms with E-state index in [0.717, 1.165) is 12.1 Å². The normalized spacial score (nSPS) is 13.5. The van der Waals surface area contributed by atoms with Crippen LogP contribution in [-0.2, 0) is 6.54 Å². The monoisotopic (exact) mass is 277 g/mol. The smallest absolute Gasteiger partial charge is 0.123 e. The van der Waals surface area contributed by atoms with Crippen molar-refractivity contribution in [3.05, 3.63) is 58.0 Å². The number of benzene rings is 1. The van der Waals surface area contributed by atoms with Crippen LogP contribution < -0.4 is 5.32 Å². The van der Waals surface area contributed by atoms with Crippen LogP contribution >= 0.6 is 11.3 Å². The van der Waals surface area contributed by atoms with Gasteiger partial charge in [0, 0.05) is 17.5 Å². The molecule has 0 saturated carbocycles. The van der Waals surface area contributed by atoms with Gasteiger partial charge >= 0.3 is 0 Å². The molecule has 1 aromatic carbocycles. The van der Waals surface area contributed by atoms with Crippen molar-refractivity contribution in [2.75, 3.05) is 0 Å². The second kappa shape index (κ2) is 5.85. The Morgan fingerprint density at radius 1 is 1.16 bits per heavy atom. The minimum atomic E-state index is -0.186. The number of thiophene rings is 1. The van der Waals surface area contributed by atoms with Gasteiger partial charge in [0.25, 0.3) is 0 Å². The molecule has 19 heavy (non-hydrogen) atoms. The fourth-order valence-corrected chi connectivity index (χ4v) is 3.16. The minimum absolute atomic E-state index is 0.144. The molecule has 102 valence electrons. The fourth-order valence-electron chi connectivity index (χ4n) is 2.11. The molecule has 0 bridgehead atoms. The molecule has 0 aliphatic rings. The lowest BCUT2D eigenvalue weighted by Gasteiger charge is -2.31. The highest BCUT2D eigenvalue weighted by Gasteiger charge is 2.26. The summed E-state index contributed by atoms with van der Waals surface area (Å²) in [6.07, 6.45) is 0. The highest BCUT2D eigenvalue weighted by atomic mass is 32.1. The maximum Gasteiger partial charge on any atom is 0.123 e. The lowest BCUT2D eigenvalue weighted by Crippen LogP contribution is -2.31. The summed E-state index contributed by atoms with van der Waals surface area (Å²) in [7, 11) is 0. The molecule has 1 aromatic heterocycles. The van der Waals surface area contributed by atoms with Crippen molar-refractivity contribution in [3.63, 3.8) is 0 Å². The van der Waals surface area contributed by atoms with Gasteiger partial charge in [-0.2, -0.15) is 0 Å². The van der Waals surface area contributed by atoms with Crippen LogP contribution in [0.1, 0.15) is 37.3 Å². The van der Waals surface area contributed by atoms with Crippen LogP contribution in [0.3, 0.4) is 0 Å². The molecule has 0 spiro atoms. The zero-order chi connectivity index (χ0) is 13.9. The molecule has 1 nitrogen and oxygen atoms in total. The van der Waals surface area contributed by atoms with Gasteiger partial charge in [0.05, 0.1) is 0 Å². The van der Waals surface area contributed by atoms with Gasteiger partial charge in [-0.15, -0.1) is 11.3 Å². The summed E-state index contributed by atoms with van der Waals surface area (Å²) in [4.78, 5) is 1.34. The summed E-state index contributed by atoms with van der Waals surface area (Å²) < 4.78 is 12.9. The quantitative estimate of drug-likeness (QED) is 0.849. The van der Waals surface area contributed by atoms with Crippen LogP contribution in [0, 0.1) is 11.2 Å². The number of rotatable bonds is 4. The maximum atomic E-state index is 12.9. The van der Waals surface area contributed by atoms with E-state index in [0.29, 0.717) is 6.04 Å². The zero-order valence-electron chi connectivity index (χ0n) is 11.6. The van der Waals surface area contributed by atoms with Crippen LogP contribution in [0.25, 0.3) is 0 Å². The first kappa shape index (κ1) is 14.2. The van der Waals surface area contributed by atoms with Crippen LogP contribution in [0.15, 0.2) is 41.8 Å². The van der Waals surface area contributed by atoms with E-state index in [9.17, 15) is 4.39 Å². The summed E-state index contributed by atoms with van der Waals surface area (Å²) in [6, 6.07) is 11.2. The fraction of sp³-hybridized carbons (Fsp3) is 0.375. The van der Waals surface area contributed by atoms with Crippen LogP contribution in [0.5, 0.6) is 0 Å². The van der Waals surface area contributed by atoms with Gasteiger partial charge < -0.3 is 5.32 Å². The second-order valence-corrected chi connectivity index (χ2v) is 6.80. The number of halogens is 1. The predicted molar refractivity (Wildman–Crippen MR) is 79.8 cm³/mol. The van der Waals surface area contributed by atoms with Gasteiger partial charge in [-0.05, 0) is 34.6 Å². The Bertz CT molecular complexity index is 497. The Morgan fingerprint density at radius 3 is 2.37 bits per heavy atom. The van der Waals surface area contributed by atoms with Gasteiger partial charge in [0.15, 0.2) is 0 Å². The summed E-state index contributed by atoms with van der Waals surface area (Å²) in [5.74, 6) is -0.186. The molecule has 2 aromatic rings. The third-order valence-corrected chi connectivity index (χ3v) is 4.05. The first-order valence-electron chi connectivity index (χ1n) is 6.48. The number of hydrogen-bond donors (Lipinski definition) is 1. The van der Waals surface area contributed by atoms with Crippen molar-refractivity contribution in [2.45, 2.75) is 33.4 Å². The lowest BCUT2D eigenvalue weighted by atomic mass is 9.85. The summed E-state index contributed by atoms with van der Waals surface area (Å²) in [5, 5.41) is 5.69. The van der Waals surface area contributed by atoms with Crippen molar-refractivity contribution in [1.29, 1.82) is 0 Å². The van der Waals surface area contributed by atoms with E-state index in [-0.39, 0.29) is 11.2 Å². The standard InChI is InChI=1S/C16H20FNS/c1-16(2,3)15(14-5-4-10-19-14)18-11-12-6-8-13(17)9-7-12/h4-10,15,18H,11H2,1-3H3. The molecule has 0 saturated heterocycles. The highest BCUT2D eigenvalue weighted by Crippen LogP contribution is 2.35. The van der Waals surface area contributed by atoms with Crippen LogP contribution in [0.4, 0.5) is 4.39 Å². The summed E-state index contributed by atoms with van der Waals surface area (Å²) >= 11 is 1.77. The van der Waals surface area contributed by atoms with Gasteiger partial charge in [-0.3, -0.25) is 0 Å². The topological polar surface area (TPSA) is 12.0 Å². The van der Waals surface area contributed by atoms with E-state index in [1.54, 1.807) is 11.3 Å². The average Bonchev–Trinajstić information content (AvgIpc) is 2.83. The molecule has 0 aliphatic heterocycles. The van der Waals surface area contributed by atoms with E-state index in [1.165, 1.54) is 17.0 Å². The molecule has 1 unspecified atom stereocenters. The molecule has 0 amide bonds. The highest BCUT2D eigenvalue weighted by molar-refractivity contribution is 7.10. The van der Waals surface area contributed by atoms with E-state index in [4.69, 9.17) is 0 Å². The van der Waals surface area contributed by atoms with Gasteiger partial charge in [0.2, 0.25) is 0 Å². The Morgan fingerprint density at radius 2 is 1.84 bits per heavy atom. The van der Waals surface area contributed by atoms with Crippen molar-refractivity contribution < 1.29 is 4.39 Å². The van der Waals surface area contributed by atoms with E-state index in [2.05, 4.69) is 43.6 Å². The van der Waals surface area contributed by atoms with Gasteiger partial charge in [-0.1, -0.05) is 39.0 Å². The second-order valence-electron chi connectivity index (χ2n) is 5.82. The molecule has 3 heteroatoms.